The summed E-state index contributed by atoms with van der Waals surface area (Å²) in [7, 11) is 0. The first-order valence-electron chi connectivity index (χ1n) is 10.8. The van der Waals surface area contributed by atoms with Gasteiger partial charge in [-0.15, -0.1) is 0 Å². The maximum atomic E-state index is 13.4. The van der Waals surface area contributed by atoms with Crippen molar-refractivity contribution in [2.75, 3.05) is 16.8 Å². The van der Waals surface area contributed by atoms with Gasteiger partial charge in [0.05, 0.1) is 12.1 Å². The summed E-state index contributed by atoms with van der Waals surface area (Å²) in [5.74, 6) is -1.02. The van der Waals surface area contributed by atoms with Crippen LogP contribution in [0.25, 0.3) is 0 Å². The van der Waals surface area contributed by atoms with E-state index in [1.165, 1.54) is 34.7 Å². The van der Waals surface area contributed by atoms with Crippen LogP contribution in [0.4, 0.5) is 15.8 Å². The maximum absolute atomic E-state index is 13.4. The zero-order valence-corrected chi connectivity index (χ0v) is 20.1. The van der Waals surface area contributed by atoms with Crippen LogP contribution in [0.1, 0.15) is 17.5 Å². The summed E-state index contributed by atoms with van der Waals surface area (Å²) in [6, 6.07) is 19.7. The van der Waals surface area contributed by atoms with Crippen molar-refractivity contribution in [3.8, 4) is 0 Å². The number of anilines is 2. The van der Waals surface area contributed by atoms with Gasteiger partial charge in [-0.25, -0.2) is 4.39 Å². The zero-order valence-electron chi connectivity index (χ0n) is 18.5. The third-order valence-electron chi connectivity index (χ3n) is 5.67. The molecule has 1 saturated heterocycles. The third kappa shape index (κ3) is 5.43. The highest BCUT2D eigenvalue weighted by Crippen LogP contribution is 2.29. The SMILES string of the molecule is Cc1ccc(CCN2C(=S)N(c3ccc(Cl)cc3)C(=O)C2CC(=O)Nc2ccc(F)cc2)cc1. The number of hydrogen-bond donors (Lipinski definition) is 1. The van der Waals surface area contributed by atoms with Crippen LogP contribution in [0.15, 0.2) is 72.8 Å². The quantitative estimate of drug-likeness (QED) is 0.448. The summed E-state index contributed by atoms with van der Waals surface area (Å²) in [4.78, 5) is 29.5. The number of halogens is 2. The molecule has 1 aliphatic rings. The van der Waals surface area contributed by atoms with E-state index in [1.54, 1.807) is 29.2 Å². The fraction of sp³-hybridized carbons (Fsp3) is 0.192. The van der Waals surface area contributed by atoms with Crippen molar-refractivity contribution in [3.05, 3.63) is 94.8 Å². The molecule has 174 valence electrons. The zero-order chi connectivity index (χ0) is 24.2. The topological polar surface area (TPSA) is 52.7 Å². The lowest BCUT2D eigenvalue weighted by Crippen LogP contribution is -2.39. The summed E-state index contributed by atoms with van der Waals surface area (Å²) < 4.78 is 13.2. The molecule has 1 unspecified atom stereocenters. The van der Waals surface area contributed by atoms with Crippen molar-refractivity contribution in [1.29, 1.82) is 0 Å². The Morgan fingerprint density at radius 2 is 1.68 bits per heavy atom. The Labute approximate surface area is 208 Å². The molecule has 0 radical (unpaired) electrons. The number of carbonyl (C=O) groups excluding carboxylic acids is 2. The Balaban J connectivity index is 1.55. The summed E-state index contributed by atoms with van der Waals surface area (Å²) in [6.45, 7) is 2.50. The van der Waals surface area contributed by atoms with Crippen molar-refractivity contribution >= 4 is 52.1 Å². The molecular weight excluding hydrogens is 473 g/mol. The molecule has 8 heteroatoms. The van der Waals surface area contributed by atoms with Crippen LogP contribution in [-0.2, 0) is 16.0 Å². The standard InChI is InChI=1S/C26H23ClFN3O2S/c1-17-2-4-18(5-3-17)14-15-30-23(16-24(32)29-21-10-8-20(28)9-11-21)25(33)31(26(30)34)22-12-6-19(27)7-13-22/h2-13,23H,14-16H2,1H3,(H,29,32). The lowest BCUT2D eigenvalue weighted by Gasteiger charge is -2.24. The van der Waals surface area contributed by atoms with E-state index in [9.17, 15) is 14.0 Å². The second-order valence-corrected chi connectivity index (χ2v) is 8.94. The van der Waals surface area contributed by atoms with Gasteiger partial charge in [0.15, 0.2) is 5.11 Å². The van der Waals surface area contributed by atoms with Gasteiger partial charge < -0.3 is 10.2 Å². The number of nitrogens with one attached hydrogen (secondary N) is 1. The van der Waals surface area contributed by atoms with Crippen LogP contribution in [0.3, 0.4) is 0 Å². The number of hydrogen-bond acceptors (Lipinski definition) is 3. The number of rotatable bonds is 7. The molecule has 0 bridgehead atoms. The molecule has 0 aromatic heterocycles. The van der Waals surface area contributed by atoms with Crippen molar-refractivity contribution in [1.82, 2.24) is 4.90 Å². The first-order chi connectivity index (χ1) is 16.3. The molecule has 1 fully saturated rings. The van der Waals surface area contributed by atoms with E-state index >= 15 is 0 Å². The number of amides is 2. The van der Waals surface area contributed by atoms with Crippen LogP contribution in [0.5, 0.6) is 0 Å². The van der Waals surface area contributed by atoms with E-state index < -0.39 is 11.9 Å². The summed E-state index contributed by atoms with van der Waals surface area (Å²) in [6.07, 6.45) is 0.576. The van der Waals surface area contributed by atoms with E-state index in [2.05, 4.69) is 5.32 Å². The molecule has 0 aliphatic carbocycles. The smallest absolute Gasteiger partial charge is 0.256 e. The number of nitrogens with zero attached hydrogens (tertiary/aromatic N) is 2. The Hall–Kier alpha value is -3.29. The Morgan fingerprint density at radius 3 is 2.32 bits per heavy atom. The van der Waals surface area contributed by atoms with E-state index in [1.807, 2.05) is 31.2 Å². The van der Waals surface area contributed by atoms with Crippen LogP contribution in [-0.4, -0.2) is 34.4 Å². The fourth-order valence-corrected chi connectivity index (χ4v) is 4.38. The van der Waals surface area contributed by atoms with Crippen LogP contribution in [0, 0.1) is 12.7 Å². The molecule has 5 nitrogen and oxygen atoms in total. The van der Waals surface area contributed by atoms with E-state index in [-0.39, 0.29) is 18.2 Å². The predicted octanol–water partition coefficient (Wildman–Crippen LogP) is 5.36. The normalized spacial score (nSPS) is 15.7. The number of benzene rings is 3. The molecule has 4 rings (SSSR count). The maximum Gasteiger partial charge on any atom is 0.256 e. The van der Waals surface area contributed by atoms with Crippen molar-refractivity contribution in [2.45, 2.75) is 25.8 Å². The highest BCUT2D eigenvalue weighted by Gasteiger charge is 2.43. The van der Waals surface area contributed by atoms with Gasteiger partial charge in [0.1, 0.15) is 11.9 Å². The van der Waals surface area contributed by atoms with Crippen molar-refractivity contribution in [3.63, 3.8) is 0 Å². The van der Waals surface area contributed by atoms with Crippen LogP contribution in [0.2, 0.25) is 5.02 Å². The molecule has 1 aliphatic heterocycles. The number of thiocarbonyl (C=S) groups is 1. The molecule has 2 amide bonds. The monoisotopic (exact) mass is 495 g/mol. The van der Waals surface area contributed by atoms with Gasteiger partial charge >= 0.3 is 0 Å². The Bertz CT molecular complexity index is 1200. The molecular formula is C26H23ClFN3O2S. The van der Waals surface area contributed by atoms with Crippen LogP contribution >= 0.6 is 23.8 Å². The molecule has 1 heterocycles. The average molecular weight is 496 g/mol. The van der Waals surface area contributed by atoms with Crippen molar-refractivity contribution in [2.24, 2.45) is 0 Å². The minimum atomic E-state index is -0.755. The molecule has 1 atom stereocenters. The highest BCUT2D eigenvalue weighted by molar-refractivity contribution is 7.80. The van der Waals surface area contributed by atoms with Gasteiger partial charge in [-0.2, -0.15) is 0 Å². The number of aryl methyl sites for hydroxylation is 1. The summed E-state index contributed by atoms with van der Waals surface area (Å²) in [5, 5.41) is 3.63. The molecule has 0 saturated carbocycles. The van der Waals surface area contributed by atoms with Gasteiger partial charge in [0.2, 0.25) is 5.91 Å². The average Bonchev–Trinajstić information content (AvgIpc) is 3.04. The fourth-order valence-electron chi connectivity index (χ4n) is 3.84. The molecule has 0 spiro atoms. The molecule has 34 heavy (non-hydrogen) atoms. The van der Waals surface area contributed by atoms with E-state index in [0.29, 0.717) is 34.5 Å². The second-order valence-electron chi connectivity index (χ2n) is 8.14. The lowest BCUT2D eigenvalue weighted by molar-refractivity contribution is -0.124. The molecule has 1 N–H and O–H groups in total. The number of carbonyl (C=O) groups is 2. The molecule has 3 aromatic carbocycles. The summed E-state index contributed by atoms with van der Waals surface area (Å²) in [5.41, 5.74) is 3.33. The largest absolute Gasteiger partial charge is 0.336 e. The van der Waals surface area contributed by atoms with E-state index in [4.69, 9.17) is 23.8 Å². The van der Waals surface area contributed by atoms with Crippen molar-refractivity contribution < 1.29 is 14.0 Å². The lowest BCUT2D eigenvalue weighted by atomic mass is 10.1. The summed E-state index contributed by atoms with van der Waals surface area (Å²) >= 11 is 11.7. The Kier molecular flexibility index (Phi) is 7.24. The van der Waals surface area contributed by atoms with Crippen LogP contribution < -0.4 is 10.2 Å². The van der Waals surface area contributed by atoms with Gasteiger partial charge in [-0.3, -0.25) is 14.5 Å². The minimum Gasteiger partial charge on any atom is -0.336 e. The Morgan fingerprint density at radius 1 is 1.03 bits per heavy atom. The van der Waals surface area contributed by atoms with Gasteiger partial charge in [-0.05, 0) is 79.7 Å². The first-order valence-corrected chi connectivity index (χ1v) is 11.6. The predicted molar refractivity (Wildman–Crippen MR) is 137 cm³/mol. The van der Waals surface area contributed by atoms with Gasteiger partial charge in [0, 0.05) is 17.3 Å². The minimum absolute atomic E-state index is 0.0890. The second kappa shape index (κ2) is 10.3. The highest BCUT2D eigenvalue weighted by atomic mass is 35.5. The van der Waals surface area contributed by atoms with Gasteiger partial charge in [-0.1, -0.05) is 41.4 Å². The van der Waals surface area contributed by atoms with Gasteiger partial charge in [0.25, 0.3) is 5.91 Å². The molecule has 3 aromatic rings. The first kappa shape index (κ1) is 23.9. The van der Waals surface area contributed by atoms with E-state index in [0.717, 1.165) is 5.56 Å². The third-order valence-corrected chi connectivity index (χ3v) is 6.34.